The SMILES string of the molecule is CCC[CH2][Sn](/[CH]=C/C=C(\C)[C@@H](O)C(C)(C)C(=O)OC)([CH2]CCC)[CH2]CCC. The molecule has 0 aliphatic heterocycles. The van der Waals surface area contributed by atoms with Gasteiger partial charge in [0.25, 0.3) is 0 Å². The normalized spacial score (nSPS) is 14.6. The summed E-state index contributed by atoms with van der Waals surface area (Å²) in [5.74, 6) is -0.380. The van der Waals surface area contributed by atoms with Crippen molar-refractivity contribution in [2.75, 3.05) is 7.11 Å². The van der Waals surface area contributed by atoms with Gasteiger partial charge in [-0.1, -0.05) is 0 Å². The fraction of sp³-hybridized carbons (Fsp3) is 0.783. The second-order valence-corrected chi connectivity index (χ2v) is 21.6. The van der Waals surface area contributed by atoms with E-state index in [4.69, 9.17) is 4.74 Å². The van der Waals surface area contributed by atoms with Crippen LogP contribution in [0.25, 0.3) is 0 Å². The Morgan fingerprint density at radius 2 is 1.48 bits per heavy atom. The maximum atomic E-state index is 12.0. The van der Waals surface area contributed by atoms with Crippen LogP contribution in [0.15, 0.2) is 21.8 Å². The first kappa shape index (κ1) is 26.7. The summed E-state index contributed by atoms with van der Waals surface area (Å²) >= 11 is -2.30. The van der Waals surface area contributed by atoms with Crippen LogP contribution in [0.2, 0.25) is 13.3 Å². The minimum absolute atomic E-state index is 0.380. The van der Waals surface area contributed by atoms with Gasteiger partial charge in [-0.2, -0.15) is 0 Å². The molecule has 0 aromatic rings. The average molecular weight is 487 g/mol. The second-order valence-electron chi connectivity index (χ2n) is 8.56. The van der Waals surface area contributed by atoms with Gasteiger partial charge in [0.15, 0.2) is 0 Å². The Balaban J connectivity index is 5.44. The molecule has 1 N–H and O–H groups in total. The van der Waals surface area contributed by atoms with E-state index in [0.29, 0.717) is 0 Å². The Morgan fingerprint density at radius 1 is 1.04 bits per heavy atom. The van der Waals surface area contributed by atoms with Gasteiger partial charge >= 0.3 is 173 Å². The van der Waals surface area contributed by atoms with Crippen molar-refractivity contribution in [2.24, 2.45) is 5.41 Å². The fourth-order valence-electron chi connectivity index (χ4n) is 3.65. The molecule has 0 aliphatic rings. The summed E-state index contributed by atoms with van der Waals surface area (Å²) < 4.78 is 11.7. The third kappa shape index (κ3) is 9.16. The molecule has 0 aliphatic carbocycles. The van der Waals surface area contributed by atoms with E-state index in [9.17, 15) is 9.90 Å². The monoisotopic (exact) mass is 488 g/mol. The van der Waals surface area contributed by atoms with Crippen molar-refractivity contribution in [1.82, 2.24) is 0 Å². The van der Waals surface area contributed by atoms with Gasteiger partial charge in [-0.15, -0.1) is 0 Å². The third-order valence-corrected chi connectivity index (χ3v) is 19.8. The molecule has 0 unspecified atom stereocenters. The van der Waals surface area contributed by atoms with E-state index in [-0.39, 0.29) is 5.97 Å². The summed E-state index contributed by atoms with van der Waals surface area (Å²) in [6, 6.07) is 0. The zero-order chi connectivity index (χ0) is 20.9. The summed E-state index contributed by atoms with van der Waals surface area (Å²) in [5, 5.41) is 10.6. The van der Waals surface area contributed by atoms with Gasteiger partial charge in [0.05, 0.1) is 0 Å². The molecule has 0 bridgehead atoms. The maximum absolute atomic E-state index is 12.0. The number of unbranched alkanes of at least 4 members (excludes halogenated alkanes) is 3. The number of carbonyl (C=O) groups is 1. The van der Waals surface area contributed by atoms with Gasteiger partial charge in [0, 0.05) is 0 Å². The van der Waals surface area contributed by atoms with Crippen LogP contribution >= 0.6 is 0 Å². The van der Waals surface area contributed by atoms with Gasteiger partial charge in [-0.3, -0.25) is 0 Å². The standard InChI is InChI=1S/C11H17O3.3C4H9.Sn/c1-6-7-8(2)9(12)11(3,4)10(13)14-5;3*1-3-4-2;/h1,6-7,9,12H,2-5H3;3*1,3-4H2,2H3;/b6-1?,8-7+;;;;/t9-;;;;/m1..../s1. The van der Waals surface area contributed by atoms with Gasteiger partial charge < -0.3 is 0 Å². The molecule has 0 spiro atoms. The van der Waals surface area contributed by atoms with Crippen LogP contribution in [0, 0.1) is 5.41 Å². The Bertz CT molecular complexity index is 458. The van der Waals surface area contributed by atoms with Crippen LogP contribution in [0.5, 0.6) is 0 Å². The summed E-state index contributed by atoms with van der Waals surface area (Å²) in [6.45, 7) is 12.2. The Labute approximate surface area is 172 Å². The molecule has 0 saturated heterocycles. The first-order valence-electron chi connectivity index (χ1n) is 10.8. The van der Waals surface area contributed by atoms with Crippen LogP contribution < -0.4 is 0 Å². The number of methoxy groups -OCH3 is 1. The summed E-state index contributed by atoms with van der Waals surface area (Å²) in [5.41, 5.74) is -0.112. The molecule has 0 aromatic carbocycles. The first-order chi connectivity index (χ1) is 12.7. The summed E-state index contributed by atoms with van der Waals surface area (Å²) in [4.78, 5) is 12.0. The Kier molecular flexibility index (Phi) is 13.7. The Hall–Kier alpha value is -0.291. The van der Waals surface area contributed by atoms with Crippen molar-refractivity contribution in [3.63, 3.8) is 0 Å². The third-order valence-electron chi connectivity index (χ3n) is 5.72. The van der Waals surface area contributed by atoms with Crippen LogP contribution in [-0.2, 0) is 9.53 Å². The molecule has 0 aromatic heterocycles. The van der Waals surface area contributed by atoms with Crippen molar-refractivity contribution < 1.29 is 14.6 Å². The molecule has 27 heavy (non-hydrogen) atoms. The number of rotatable bonds is 14. The molecular formula is C23H44O3Sn. The molecule has 1 atom stereocenters. The molecule has 0 amide bonds. The van der Waals surface area contributed by atoms with Gasteiger partial charge in [0.1, 0.15) is 0 Å². The van der Waals surface area contributed by atoms with E-state index >= 15 is 0 Å². The van der Waals surface area contributed by atoms with E-state index in [1.807, 2.05) is 13.0 Å². The number of ether oxygens (including phenoxy) is 1. The number of hydrogen-bond acceptors (Lipinski definition) is 3. The number of hydrogen-bond donors (Lipinski definition) is 1. The zero-order valence-electron chi connectivity index (χ0n) is 18.9. The topological polar surface area (TPSA) is 46.5 Å². The van der Waals surface area contributed by atoms with Crippen molar-refractivity contribution in [3.8, 4) is 0 Å². The van der Waals surface area contributed by atoms with Crippen LogP contribution in [0.1, 0.15) is 80.1 Å². The summed E-state index contributed by atoms with van der Waals surface area (Å²) in [7, 11) is 1.37. The number of aliphatic hydroxyl groups excluding tert-OH is 1. The molecule has 0 heterocycles. The quantitative estimate of drug-likeness (QED) is 0.174. The number of allylic oxidation sites excluding steroid dienone is 2. The molecule has 3 nitrogen and oxygen atoms in total. The second kappa shape index (κ2) is 13.8. The van der Waals surface area contributed by atoms with E-state index in [1.165, 1.54) is 58.9 Å². The molecule has 0 rings (SSSR count). The van der Waals surface area contributed by atoms with E-state index < -0.39 is 29.9 Å². The number of aliphatic hydroxyl groups is 1. The number of esters is 1. The number of carbonyl (C=O) groups excluding carboxylic acids is 1. The zero-order valence-corrected chi connectivity index (χ0v) is 21.8. The predicted octanol–water partition coefficient (Wildman–Crippen LogP) is 6.44. The summed E-state index contributed by atoms with van der Waals surface area (Å²) in [6.07, 6.45) is 11.2. The molecule has 4 heteroatoms. The van der Waals surface area contributed by atoms with Crippen molar-refractivity contribution in [1.29, 1.82) is 0 Å². The molecule has 0 saturated carbocycles. The van der Waals surface area contributed by atoms with Gasteiger partial charge in [-0.25, -0.2) is 0 Å². The Morgan fingerprint density at radius 3 is 1.85 bits per heavy atom. The predicted molar refractivity (Wildman–Crippen MR) is 120 cm³/mol. The molecule has 0 fully saturated rings. The van der Waals surface area contributed by atoms with Gasteiger partial charge in [-0.05, 0) is 0 Å². The van der Waals surface area contributed by atoms with Crippen molar-refractivity contribution >= 4 is 24.3 Å². The van der Waals surface area contributed by atoms with Crippen molar-refractivity contribution in [3.05, 3.63) is 21.8 Å². The molecule has 158 valence electrons. The van der Waals surface area contributed by atoms with E-state index in [0.717, 1.165) is 5.57 Å². The first-order valence-corrected chi connectivity index (χ1v) is 18.5. The van der Waals surface area contributed by atoms with Crippen molar-refractivity contribution in [2.45, 2.75) is 99.5 Å². The van der Waals surface area contributed by atoms with E-state index in [1.54, 1.807) is 13.8 Å². The average Bonchev–Trinajstić information content (AvgIpc) is 2.67. The van der Waals surface area contributed by atoms with Crippen LogP contribution in [0.4, 0.5) is 0 Å². The van der Waals surface area contributed by atoms with Gasteiger partial charge in [0.2, 0.25) is 0 Å². The van der Waals surface area contributed by atoms with Crippen LogP contribution in [-0.4, -0.2) is 42.7 Å². The van der Waals surface area contributed by atoms with E-state index in [2.05, 4.69) is 30.9 Å². The minimum atomic E-state index is -2.30. The van der Waals surface area contributed by atoms with Crippen LogP contribution in [0.3, 0.4) is 0 Å². The molecular weight excluding hydrogens is 443 g/mol. The molecule has 0 radical (unpaired) electrons. The fourth-order valence-corrected chi connectivity index (χ4v) is 17.7.